The molecule has 3 aromatic rings. The number of hydrogen-bond donors (Lipinski definition) is 2. The summed E-state index contributed by atoms with van der Waals surface area (Å²) < 4.78 is 43.0. The Morgan fingerprint density at radius 3 is 2.79 bits per heavy atom. The van der Waals surface area contributed by atoms with Crippen molar-refractivity contribution in [3.05, 3.63) is 47.0 Å². The van der Waals surface area contributed by atoms with Gasteiger partial charge in [0.15, 0.2) is 10.2 Å². The molecular formula is C23H28FN5O2S2. The second-order valence-electron chi connectivity index (χ2n) is 9.04. The molecule has 1 saturated carbocycles. The number of imidazole rings is 1. The highest BCUT2D eigenvalue weighted by atomic mass is 32.2. The van der Waals surface area contributed by atoms with Gasteiger partial charge >= 0.3 is 0 Å². The second-order valence-corrected chi connectivity index (χ2v) is 11.8. The minimum Gasteiger partial charge on any atom is -0.359 e. The number of thiazole rings is 1. The van der Waals surface area contributed by atoms with Crippen LogP contribution in [0.1, 0.15) is 42.5 Å². The molecule has 2 aliphatic rings. The monoisotopic (exact) mass is 489 g/mol. The van der Waals surface area contributed by atoms with Crippen LogP contribution in [0.2, 0.25) is 0 Å². The molecule has 0 bridgehead atoms. The van der Waals surface area contributed by atoms with Gasteiger partial charge in [-0.2, -0.15) is 0 Å². The number of sulfonamides is 1. The summed E-state index contributed by atoms with van der Waals surface area (Å²) in [5, 5.41) is 4.55. The fraction of sp³-hybridized carbons (Fsp3) is 0.478. The van der Waals surface area contributed by atoms with Crippen LogP contribution >= 0.6 is 11.3 Å². The number of benzene rings is 1. The third-order valence-corrected chi connectivity index (χ3v) is 8.92. The molecule has 10 heteroatoms. The molecule has 1 aromatic carbocycles. The van der Waals surface area contributed by atoms with Crippen molar-refractivity contribution in [2.75, 3.05) is 11.9 Å². The maximum atomic E-state index is 13.9. The molecule has 2 N–H and O–H groups in total. The second kappa shape index (κ2) is 9.15. The van der Waals surface area contributed by atoms with Crippen LogP contribution in [0, 0.1) is 11.7 Å². The largest absolute Gasteiger partial charge is 0.359 e. The van der Waals surface area contributed by atoms with Gasteiger partial charge in [-0.1, -0.05) is 6.07 Å². The van der Waals surface area contributed by atoms with Gasteiger partial charge in [-0.15, -0.1) is 11.3 Å². The zero-order valence-electron chi connectivity index (χ0n) is 18.6. The molecule has 2 heterocycles. The number of aryl methyl sites for hydroxylation is 3. The third kappa shape index (κ3) is 4.97. The van der Waals surface area contributed by atoms with Crippen molar-refractivity contribution in [1.82, 2.24) is 19.3 Å². The van der Waals surface area contributed by atoms with E-state index in [-0.39, 0.29) is 10.8 Å². The Balaban J connectivity index is 1.18. The minimum atomic E-state index is -3.57. The van der Waals surface area contributed by atoms with Crippen molar-refractivity contribution in [3.63, 3.8) is 0 Å². The number of fused-ring (bicyclic) bond motifs is 3. The summed E-state index contributed by atoms with van der Waals surface area (Å²) in [4.78, 5) is 10.0. The first-order valence-corrected chi connectivity index (χ1v) is 13.7. The molecular weight excluding hydrogens is 461 g/mol. The van der Waals surface area contributed by atoms with Crippen molar-refractivity contribution in [3.8, 4) is 11.3 Å². The Hall–Kier alpha value is -2.30. The molecule has 1 fully saturated rings. The topological polar surface area (TPSA) is 88.9 Å². The minimum absolute atomic E-state index is 0.0605. The lowest BCUT2D eigenvalue weighted by Crippen LogP contribution is -2.34. The van der Waals surface area contributed by atoms with E-state index in [2.05, 4.69) is 15.0 Å². The Bertz CT molecular complexity index is 1250. The standard InChI is InChI=1S/C23H28FN5O2S2/c1-29-13-21(25-14-29)33(30,31)26-12-15-5-9-18(10-6-15)27-23-28-22-19-11-17(24)8-7-16(19)3-2-4-20(22)32-23/h7-8,11,13-15,18,26H,2-6,9-10,12H2,1H3,(H,27,28). The average molecular weight is 490 g/mol. The summed E-state index contributed by atoms with van der Waals surface area (Å²) >= 11 is 1.68. The van der Waals surface area contributed by atoms with Crippen LogP contribution in [0.5, 0.6) is 0 Å². The van der Waals surface area contributed by atoms with Crippen molar-refractivity contribution in [2.45, 2.75) is 56.0 Å². The number of hydrogen-bond acceptors (Lipinski definition) is 6. The van der Waals surface area contributed by atoms with Crippen LogP contribution in [0.15, 0.2) is 35.7 Å². The predicted octanol–water partition coefficient (Wildman–Crippen LogP) is 4.12. The van der Waals surface area contributed by atoms with Crippen LogP contribution in [0.4, 0.5) is 9.52 Å². The first kappa shape index (κ1) is 22.5. The number of nitrogens with one attached hydrogen (secondary N) is 2. The molecule has 5 rings (SSSR count). The van der Waals surface area contributed by atoms with Crippen molar-refractivity contribution >= 4 is 26.5 Å². The summed E-state index contributed by atoms with van der Waals surface area (Å²) in [5.74, 6) is 0.0884. The number of halogens is 1. The zero-order chi connectivity index (χ0) is 23.0. The quantitative estimate of drug-likeness (QED) is 0.544. The molecule has 0 amide bonds. The van der Waals surface area contributed by atoms with Gasteiger partial charge in [0.1, 0.15) is 5.82 Å². The Kier molecular flexibility index (Phi) is 6.24. The Morgan fingerprint density at radius 1 is 1.21 bits per heavy atom. The van der Waals surface area contributed by atoms with Gasteiger partial charge in [0, 0.05) is 36.3 Å². The number of aromatic nitrogens is 3. The first-order valence-electron chi connectivity index (χ1n) is 11.4. The van der Waals surface area contributed by atoms with E-state index < -0.39 is 10.0 Å². The number of nitrogens with zero attached hydrogens (tertiary/aromatic N) is 3. The van der Waals surface area contributed by atoms with E-state index in [1.807, 2.05) is 6.07 Å². The van der Waals surface area contributed by atoms with Crippen molar-refractivity contribution < 1.29 is 12.8 Å². The summed E-state index contributed by atoms with van der Waals surface area (Å²) in [6.07, 6.45) is 9.78. The van der Waals surface area contributed by atoms with Crippen LogP contribution in [0.3, 0.4) is 0 Å². The van der Waals surface area contributed by atoms with Crippen LogP contribution < -0.4 is 10.0 Å². The smallest absolute Gasteiger partial charge is 0.259 e. The SMILES string of the molecule is Cn1cnc(S(=O)(=O)NCC2CCC(Nc3nc4c(s3)CCCc3ccc(F)cc3-4)CC2)c1. The van der Waals surface area contributed by atoms with Gasteiger partial charge in [0.05, 0.1) is 12.0 Å². The molecule has 2 aromatic heterocycles. The van der Waals surface area contributed by atoms with Gasteiger partial charge in [-0.3, -0.25) is 0 Å². The van der Waals surface area contributed by atoms with Crippen LogP contribution in [0.25, 0.3) is 11.3 Å². The van der Waals surface area contributed by atoms with E-state index in [4.69, 9.17) is 4.98 Å². The molecule has 0 radical (unpaired) electrons. The number of rotatable bonds is 6. The van der Waals surface area contributed by atoms with Gasteiger partial charge in [0.25, 0.3) is 10.0 Å². The van der Waals surface area contributed by atoms with Crippen LogP contribution in [-0.4, -0.2) is 35.5 Å². The van der Waals surface area contributed by atoms with E-state index in [0.29, 0.717) is 18.5 Å². The highest BCUT2D eigenvalue weighted by Crippen LogP contribution is 2.38. The van der Waals surface area contributed by atoms with E-state index in [0.717, 1.165) is 61.3 Å². The number of anilines is 1. The average Bonchev–Trinajstić information content (AvgIpc) is 3.37. The summed E-state index contributed by atoms with van der Waals surface area (Å²) in [7, 11) is -1.82. The normalized spacial score (nSPS) is 20.7. The van der Waals surface area contributed by atoms with E-state index in [9.17, 15) is 12.8 Å². The zero-order valence-corrected chi connectivity index (χ0v) is 20.2. The Labute approximate surface area is 197 Å². The highest BCUT2D eigenvalue weighted by Gasteiger charge is 2.26. The fourth-order valence-corrected chi connectivity index (χ4v) is 6.92. The molecule has 0 aliphatic heterocycles. The third-order valence-electron chi connectivity index (χ3n) is 6.57. The van der Waals surface area contributed by atoms with Gasteiger partial charge in [0.2, 0.25) is 0 Å². The first-order chi connectivity index (χ1) is 15.9. The summed E-state index contributed by atoms with van der Waals surface area (Å²) in [5.41, 5.74) is 3.02. The molecule has 2 aliphatic carbocycles. The Morgan fingerprint density at radius 2 is 2.03 bits per heavy atom. The van der Waals surface area contributed by atoms with Crippen molar-refractivity contribution in [1.29, 1.82) is 0 Å². The molecule has 0 spiro atoms. The van der Waals surface area contributed by atoms with E-state index in [1.54, 1.807) is 29.0 Å². The summed E-state index contributed by atoms with van der Waals surface area (Å²) in [6.45, 7) is 0.430. The van der Waals surface area contributed by atoms with Gasteiger partial charge < -0.3 is 9.88 Å². The van der Waals surface area contributed by atoms with Gasteiger partial charge in [-0.25, -0.2) is 27.5 Å². The maximum absolute atomic E-state index is 13.9. The molecule has 0 saturated heterocycles. The molecule has 33 heavy (non-hydrogen) atoms. The molecule has 7 nitrogen and oxygen atoms in total. The summed E-state index contributed by atoms with van der Waals surface area (Å²) in [6, 6.07) is 5.34. The lowest BCUT2D eigenvalue weighted by Gasteiger charge is -2.29. The van der Waals surface area contributed by atoms with E-state index in [1.165, 1.54) is 29.0 Å². The van der Waals surface area contributed by atoms with Crippen LogP contribution in [-0.2, 0) is 29.9 Å². The van der Waals surface area contributed by atoms with E-state index >= 15 is 0 Å². The molecule has 0 unspecified atom stereocenters. The predicted molar refractivity (Wildman–Crippen MR) is 127 cm³/mol. The highest BCUT2D eigenvalue weighted by molar-refractivity contribution is 7.89. The molecule has 176 valence electrons. The van der Waals surface area contributed by atoms with Crippen molar-refractivity contribution in [2.24, 2.45) is 13.0 Å². The molecule has 0 atom stereocenters. The fourth-order valence-electron chi connectivity index (χ4n) is 4.73. The lowest BCUT2D eigenvalue weighted by molar-refractivity contribution is 0.337. The van der Waals surface area contributed by atoms with Gasteiger partial charge in [-0.05, 0) is 68.6 Å². The maximum Gasteiger partial charge on any atom is 0.259 e. The lowest BCUT2D eigenvalue weighted by atomic mass is 9.86.